The van der Waals surface area contributed by atoms with Crippen molar-refractivity contribution in [2.45, 2.75) is 51.7 Å². The van der Waals surface area contributed by atoms with Crippen LogP contribution in [0.25, 0.3) is 0 Å². The van der Waals surface area contributed by atoms with E-state index in [1.807, 2.05) is 24.3 Å². The van der Waals surface area contributed by atoms with Crippen LogP contribution in [-0.4, -0.2) is 26.7 Å². The maximum Gasteiger partial charge on any atom is 0.251 e. The molecule has 24 heavy (non-hydrogen) atoms. The molecule has 1 aliphatic heterocycles. The molecule has 2 heterocycles. The lowest BCUT2D eigenvalue weighted by atomic mass is 10.0. The Morgan fingerprint density at radius 2 is 2.04 bits per heavy atom. The number of hydrogen-bond donors (Lipinski definition) is 2. The predicted molar refractivity (Wildman–Crippen MR) is 95.3 cm³/mol. The summed E-state index contributed by atoms with van der Waals surface area (Å²) in [4.78, 5) is 12.4. The van der Waals surface area contributed by atoms with Crippen LogP contribution in [-0.2, 0) is 19.5 Å². The van der Waals surface area contributed by atoms with Gasteiger partial charge < -0.3 is 15.6 Å². The lowest BCUT2D eigenvalue weighted by molar-refractivity contribution is 0.0927. The number of hydrogen-bond acceptors (Lipinski definition) is 4. The van der Waals surface area contributed by atoms with Crippen LogP contribution >= 0.6 is 12.4 Å². The molecule has 6 nitrogen and oxygen atoms in total. The number of aromatic nitrogens is 3. The van der Waals surface area contributed by atoms with Crippen LogP contribution in [0.4, 0.5) is 0 Å². The average molecular weight is 350 g/mol. The summed E-state index contributed by atoms with van der Waals surface area (Å²) in [7, 11) is 0. The van der Waals surface area contributed by atoms with Crippen molar-refractivity contribution in [2.24, 2.45) is 5.73 Å². The molecule has 1 unspecified atom stereocenters. The maximum atomic E-state index is 12.4. The zero-order valence-electron chi connectivity index (χ0n) is 14.0. The number of carbonyl (C=O) groups is 1. The number of benzene rings is 1. The Labute approximate surface area is 148 Å². The second-order valence-electron chi connectivity index (χ2n) is 6.35. The zero-order chi connectivity index (χ0) is 16.4. The second-order valence-corrected chi connectivity index (χ2v) is 6.35. The lowest BCUT2D eigenvalue weighted by Crippen LogP contribution is -2.41. The molecule has 0 saturated heterocycles. The summed E-state index contributed by atoms with van der Waals surface area (Å²) in [5.41, 5.74) is 7.27. The minimum atomic E-state index is -0.0406. The molecule has 3 rings (SSSR count). The van der Waals surface area contributed by atoms with Gasteiger partial charge in [-0.2, -0.15) is 0 Å². The van der Waals surface area contributed by atoms with Crippen molar-refractivity contribution in [1.29, 1.82) is 0 Å². The number of nitrogens with zero attached hydrogens (tertiary/aromatic N) is 3. The number of nitrogens with one attached hydrogen (secondary N) is 1. The van der Waals surface area contributed by atoms with Gasteiger partial charge in [0.05, 0.1) is 0 Å². The van der Waals surface area contributed by atoms with Crippen molar-refractivity contribution < 1.29 is 4.79 Å². The molecule has 0 aliphatic carbocycles. The quantitative estimate of drug-likeness (QED) is 0.884. The summed E-state index contributed by atoms with van der Waals surface area (Å²) in [5.74, 6) is 2.30. The Balaban J connectivity index is 0.00000208. The molecule has 1 amide bonds. The summed E-state index contributed by atoms with van der Waals surface area (Å²) < 4.78 is 2.15. The third-order valence-electron chi connectivity index (χ3n) is 4.28. The first-order chi connectivity index (χ1) is 11.1. The van der Waals surface area contributed by atoms with Gasteiger partial charge in [0, 0.05) is 37.0 Å². The van der Waals surface area contributed by atoms with Crippen LogP contribution < -0.4 is 11.1 Å². The topological polar surface area (TPSA) is 85.8 Å². The van der Waals surface area contributed by atoms with E-state index in [1.54, 1.807) is 0 Å². The van der Waals surface area contributed by atoms with Crippen LogP contribution in [0.1, 0.15) is 53.8 Å². The lowest BCUT2D eigenvalue weighted by Gasteiger charge is -2.26. The van der Waals surface area contributed by atoms with Gasteiger partial charge in [0.15, 0.2) is 0 Å². The fraction of sp³-hybridized carbons (Fsp3) is 0.471. The second kappa shape index (κ2) is 7.77. The standard InChI is InChI=1S/C17H23N5O.ClH/c1-11(2)16-21-20-15-8-7-14(10-22(15)16)19-17(23)13-5-3-12(9-18)4-6-13;/h3-6,11,14H,7-10,18H2,1-2H3,(H,19,23);1H. The van der Waals surface area contributed by atoms with Crippen LogP contribution in [0, 0.1) is 0 Å². The van der Waals surface area contributed by atoms with Crippen molar-refractivity contribution in [3.63, 3.8) is 0 Å². The molecule has 0 radical (unpaired) electrons. The Bertz CT molecular complexity index is 696. The smallest absolute Gasteiger partial charge is 0.251 e. The van der Waals surface area contributed by atoms with Crippen LogP contribution in [0.5, 0.6) is 0 Å². The van der Waals surface area contributed by atoms with E-state index in [9.17, 15) is 4.79 Å². The van der Waals surface area contributed by atoms with Gasteiger partial charge >= 0.3 is 0 Å². The van der Waals surface area contributed by atoms with E-state index in [1.165, 1.54) is 0 Å². The molecule has 0 spiro atoms. The summed E-state index contributed by atoms with van der Waals surface area (Å²) in [6, 6.07) is 7.54. The predicted octanol–water partition coefficient (Wildman–Crippen LogP) is 2.03. The number of nitrogens with two attached hydrogens (primary N) is 1. The van der Waals surface area contributed by atoms with E-state index in [0.29, 0.717) is 18.0 Å². The molecule has 3 N–H and O–H groups in total. The molecule has 0 saturated carbocycles. The van der Waals surface area contributed by atoms with Gasteiger partial charge in [0.2, 0.25) is 0 Å². The molecule has 0 fully saturated rings. The highest BCUT2D eigenvalue weighted by Gasteiger charge is 2.25. The van der Waals surface area contributed by atoms with E-state index in [4.69, 9.17) is 5.73 Å². The van der Waals surface area contributed by atoms with Crippen LogP contribution in [0.3, 0.4) is 0 Å². The first-order valence-corrected chi connectivity index (χ1v) is 8.10. The molecular weight excluding hydrogens is 326 g/mol. The van der Waals surface area contributed by atoms with Gasteiger partial charge in [-0.25, -0.2) is 0 Å². The molecule has 130 valence electrons. The molecule has 1 aromatic carbocycles. The number of aryl methyl sites for hydroxylation is 1. The largest absolute Gasteiger partial charge is 0.347 e. The van der Waals surface area contributed by atoms with Crippen LogP contribution in [0.15, 0.2) is 24.3 Å². The van der Waals surface area contributed by atoms with Gasteiger partial charge in [0.25, 0.3) is 5.91 Å². The summed E-state index contributed by atoms with van der Waals surface area (Å²) in [5, 5.41) is 11.7. The summed E-state index contributed by atoms with van der Waals surface area (Å²) in [6.45, 7) is 5.44. The third-order valence-corrected chi connectivity index (χ3v) is 4.28. The van der Waals surface area contributed by atoms with E-state index < -0.39 is 0 Å². The molecule has 1 atom stereocenters. The van der Waals surface area contributed by atoms with Crippen molar-refractivity contribution in [2.75, 3.05) is 0 Å². The molecule has 2 aromatic rings. The minimum Gasteiger partial charge on any atom is -0.347 e. The normalized spacial score (nSPS) is 16.4. The van der Waals surface area contributed by atoms with Gasteiger partial charge in [-0.05, 0) is 24.1 Å². The van der Waals surface area contributed by atoms with Gasteiger partial charge in [-0.1, -0.05) is 26.0 Å². The number of carbonyl (C=O) groups excluding carboxylic acids is 1. The highest BCUT2D eigenvalue weighted by atomic mass is 35.5. The third kappa shape index (κ3) is 3.76. The number of halogens is 1. The molecule has 1 aromatic heterocycles. The maximum absolute atomic E-state index is 12.4. The minimum absolute atomic E-state index is 0. The monoisotopic (exact) mass is 349 g/mol. The van der Waals surface area contributed by atoms with Crippen molar-refractivity contribution in [3.05, 3.63) is 47.0 Å². The fourth-order valence-corrected chi connectivity index (χ4v) is 2.95. The van der Waals surface area contributed by atoms with Gasteiger partial charge in [0.1, 0.15) is 11.6 Å². The number of amides is 1. The van der Waals surface area contributed by atoms with E-state index in [2.05, 4.69) is 33.9 Å². The van der Waals surface area contributed by atoms with Gasteiger partial charge in [-0.3, -0.25) is 4.79 Å². The first kappa shape index (κ1) is 18.4. The van der Waals surface area contributed by atoms with E-state index >= 15 is 0 Å². The first-order valence-electron chi connectivity index (χ1n) is 8.10. The SMILES string of the molecule is CC(C)c1nnc2n1CC(NC(=O)c1ccc(CN)cc1)CC2.Cl. The highest BCUT2D eigenvalue weighted by Crippen LogP contribution is 2.20. The molecular formula is C17H24ClN5O. The Morgan fingerprint density at radius 1 is 1.33 bits per heavy atom. The molecule has 7 heteroatoms. The van der Waals surface area contributed by atoms with Gasteiger partial charge in [-0.15, -0.1) is 22.6 Å². The summed E-state index contributed by atoms with van der Waals surface area (Å²) >= 11 is 0. The van der Waals surface area contributed by atoms with Crippen molar-refractivity contribution >= 4 is 18.3 Å². The Hall–Kier alpha value is -1.92. The van der Waals surface area contributed by atoms with Crippen molar-refractivity contribution in [3.8, 4) is 0 Å². The fourth-order valence-electron chi connectivity index (χ4n) is 2.95. The highest BCUT2D eigenvalue weighted by molar-refractivity contribution is 5.94. The Morgan fingerprint density at radius 3 is 2.67 bits per heavy atom. The van der Waals surface area contributed by atoms with Crippen LogP contribution in [0.2, 0.25) is 0 Å². The van der Waals surface area contributed by atoms with E-state index in [0.717, 1.165) is 36.6 Å². The zero-order valence-corrected chi connectivity index (χ0v) is 14.8. The van der Waals surface area contributed by atoms with Crippen molar-refractivity contribution in [1.82, 2.24) is 20.1 Å². The molecule has 1 aliphatic rings. The molecule has 0 bridgehead atoms. The number of fused-ring (bicyclic) bond motifs is 1. The Kier molecular flexibility index (Phi) is 5.96. The number of rotatable bonds is 4. The van der Waals surface area contributed by atoms with E-state index in [-0.39, 0.29) is 24.4 Å². The average Bonchev–Trinajstić information content (AvgIpc) is 2.98. The summed E-state index contributed by atoms with van der Waals surface area (Å²) in [6.07, 6.45) is 1.74.